The molecule has 0 amide bonds. The molecule has 72 valence electrons. The van der Waals surface area contributed by atoms with E-state index in [1.807, 2.05) is 6.07 Å². The molecule has 0 aliphatic rings. The van der Waals surface area contributed by atoms with Crippen molar-refractivity contribution >= 4 is 5.69 Å². The van der Waals surface area contributed by atoms with Crippen LogP contribution >= 0.6 is 0 Å². The van der Waals surface area contributed by atoms with Crippen LogP contribution in [0.15, 0.2) is 12.1 Å². The number of rotatable bonds is 2. The second kappa shape index (κ2) is 3.88. The first-order valence-electron chi connectivity index (χ1n) is 4.18. The van der Waals surface area contributed by atoms with Gasteiger partial charge in [0.05, 0.1) is 17.4 Å². The molecule has 0 aromatic heterocycles. The SMILES string of the molecule is Cc1ccc(CC#N)c(C)c1[N+](=O)[O-]. The number of aryl methyl sites for hydroxylation is 1. The van der Waals surface area contributed by atoms with E-state index in [0.717, 1.165) is 5.56 Å². The fourth-order valence-corrected chi connectivity index (χ4v) is 1.43. The molecule has 1 aromatic rings. The Hall–Kier alpha value is -1.89. The fraction of sp³-hybridized carbons (Fsp3) is 0.300. The first-order valence-corrected chi connectivity index (χ1v) is 4.18. The summed E-state index contributed by atoms with van der Waals surface area (Å²) in [4.78, 5) is 10.3. The van der Waals surface area contributed by atoms with Gasteiger partial charge in [-0.05, 0) is 19.4 Å². The maximum atomic E-state index is 10.7. The average molecular weight is 190 g/mol. The van der Waals surface area contributed by atoms with Crippen LogP contribution in [0, 0.1) is 35.3 Å². The summed E-state index contributed by atoms with van der Waals surface area (Å²) in [6, 6.07) is 5.43. The normalized spacial score (nSPS) is 9.50. The van der Waals surface area contributed by atoms with Crippen LogP contribution in [0.25, 0.3) is 0 Å². The van der Waals surface area contributed by atoms with Gasteiger partial charge in [-0.25, -0.2) is 0 Å². The summed E-state index contributed by atoms with van der Waals surface area (Å²) in [6.07, 6.45) is 0.215. The lowest BCUT2D eigenvalue weighted by Gasteiger charge is -2.04. The van der Waals surface area contributed by atoms with Crippen LogP contribution in [0.2, 0.25) is 0 Å². The highest BCUT2D eigenvalue weighted by Crippen LogP contribution is 2.25. The molecule has 0 bridgehead atoms. The van der Waals surface area contributed by atoms with Gasteiger partial charge < -0.3 is 0 Å². The number of benzene rings is 1. The van der Waals surface area contributed by atoms with E-state index in [9.17, 15) is 10.1 Å². The first-order chi connectivity index (χ1) is 6.57. The van der Waals surface area contributed by atoms with Crippen LogP contribution in [0.5, 0.6) is 0 Å². The summed E-state index contributed by atoms with van der Waals surface area (Å²) in [7, 11) is 0. The van der Waals surface area contributed by atoms with Crippen molar-refractivity contribution in [3.8, 4) is 6.07 Å². The van der Waals surface area contributed by atoms with Crippen molar-refractivity contribution in [3.05, 3.63) is 38.9 Å². The van der Waals surface area contributed by atoms with Gasteiger partial charge in [-0.15, -0.1) is 0 Å². The van der Waals surface area contributed by atoms with E-state index in [-0.39, 0.29) is 12.1 Å². The van der Waals surface area contributed by atoms with Gasteiger partial charge >= 0.3 is 0 Å². The van der Waals surface area contributed by atoms with Crippen molar-refractivity contribution in [3.63, 3.8) is 0 Å². The molecule has 0 aliphatic heterocycles. The van der Waals surface area contributed by atoms with Gasteiger partial charge in [0.25, 0.3) is 5.69 Å². The third-order valence-corrected chi connectivity index (χ3v) is 2.20. The number of nitro benzene ring substituents is 1. The molecular formula is C10H10N2O2. The predicted molar refractivity (Wildman–Crippen MR) is 51.9 cm³/mol. The van der Waals surface area contributed by atoms with Crippen molar-refractivity contribution < 1.29 is 4.92 Å². The average Bonchev–Trinajstić information content (AvgIpc) is 2.10. The second-order valence-corrected chi connectivity index (χ2v) is 3.11. The molecule has 0 fully saturated rings. The molecule has 0 radical (unpaired) electrons. The van der Waals surface area contributed by atoms with Crippen molar-refractivity contribution in [1.82, 2.24) is 0 Å². The summed E-state index contributed by atoms with van der Waals surface area (Å²) in [5.74, 6) is 0. The molecule has 4 nitrogen and oxygen atoms in total. The van der Waals surface area contributed by atoms with Gasteiger partial charge in [0, 0.05) is 11.1 Å². The monoisotopic (exact) mass is 190 g/mol. The Kier molecular flexibility index (Phi) is 2.82. The van der Waals surface area contributed by atoms with E-state index in [4.69, 9.17) is 5.26 Å². The molecule has 1 aromatic carbocycles. The quantitative estimate of drug-likeness (QED) is 0.530. The lowest BCUT2D eigenvalue weighted by molar-refractivity contribution is -0.386. The minimum atomic E-state index is -0.397. The number of hydrogen-bond donors (Lipinski definition) is 0. The minimum absolute atomic E-state index is 0.123. The molecule has 0 N–H and O–H groups in total. The van der Waals surface area contributed by atoms with Crippen molar-refractivity contribution in [2.75, 3.05) is 0 Å². The van der Waals surface area contributed by atoms with E-state index in [1.165, 1.54) is 0 Å². The maximum Gasteiger partial charge on any atom is 0.275 e. The van der Waals surface area contributed by atoms with Crippen LogP contribution in [-0.2, 0) is 6.42 Å². The number of nitrogens with zero attached hydrogens (tertiary/aromatic N) is 2. The molecular weight excluding hydrogens is 180 g/mol. The summed E-state index contributed by atoms with van der Waals surface area (Å²) in [5, 5.41) is 19.2. The van der Waals surface area contributed by atoms with E-state index in [1.54, 1.807) is 26.0 Å². The number of nitro groups is 1. The maximum absolute atomic E-state index is 10.7. The molecule has 0 spiro atoms. The molecule has 0 heterocycles. The Labute approximate surface area is 81.9 Å². The lowest BCUT2D eigenvalue weighted by Crippen LogP contribution is -1.98. The summed E-state index contributed by atoms with van der Waals surface area (Å²) < 4.78 is 0. The van der Waals surface area contributed by atoms with Crippen LogP contribution in [0.1, 0.15) is 16.7 Å². The molecule has 0 unspecified atom stereocenters. The van der Waals surface area contributed by atoms with Crippen molar-refractivity contribution in [2.24, 2.45) is 0 Å². The molecule has 0 atom stereocenters. The number of hydrogen-bond acceptors (Lipinski definition) is 3. The molecule has 0 saturated heterocycles. The van der Waals surface area contributed by atoms with Gasteiger partial charge in [0.2, 0.25) is 0 Å². The Morgan fingerprint density at radius 1 is 1.50 bits per heavy atom. The predicted octanol–water partition coefficient (Wildman–Crippen LogP) is 2.28. The minimum Gasteiger partial charge on any atom is -0.258 e. The van der Waals surface area contributed by atoms with Gasteiger partial charge in [0.15, 0.2) is 0 Å². The largest absolute Gasteiger partial charge is 0.275 e. The topological polar surface area (TPSA) is 66.9 Å². The summed E-state index contributed by atoms with van der Waals surface area (Å²) >= 11 is 0. The Morgan fingerprint density at radius 3 is 2.64 bits per heavy atom. The van der Waals surface area contributed by atoms with E-state index in [2.05, 4.69) is 0 Å². The molecule has 0 aliphatic carbocycles. The summed E-state index contributed by atoms with van der Waals surface area (Å²) in [6.45, 7) is 3.37. The number of nitriles is 1. The third-order valence-electron chi connectivity index (χ3n) is 2.20. The Morgan fingerprint density at radius 2 is 2.14 bits per heavy atom. The van der Waals surface area contributed by atoms with Crippen LogP contribution in [-0.4, -0.2) is 4.92 Å². The van der Waals surface area contributed by atoms with Gasteiger partial charge in [-0.3, -0.25) is 10.1 Å². The van der Waals surface area contributed by atoms with Gasteiger partial charge in [0.1, 0.15) is 0 Å². The Balaban J connectivity index is 3.35. The van der Waals surface area contributed by atoms with E-state index >= 15 is 0 Å². The smallest absolute Gasteiger partial charge is 0.258 e. The molecule has 14 heavy (non-hydrogen) atoms. The van der Waals surface area contributed by atoms with Gasteiger partial charge in [-0.1, -0.05) is 12.1 Å². The third kappa shape index (κ3) is 1.72. The molecule has 0 saturated carbocycles. The second-order valence-electron chi connectivity index (χ2n) is 3.11. The van der Waals surface area contributed by atoms with Crippen molar-refractivity contribution in [2.45, 2.75) is 20.3 Å². The zero-order chi connectivity index (χ0) is 10.7. The van der Waals surface area contributed by atoms with E-state index < -0.39 is 4.92 Å². The molecule has 4 heteroatoms. The lowest BCUT2D eigenvalue weighted by atomic mass is 10.0. The van der Waals surface area contributed by atoms with Crippen LogP contribution in [0.4, 0.5) is 5.69 Å². The standard InChI is InChI=1S/C10H10N2O2/c1-7-3-4-9(5-6-11)8(2)10(7)12(13)14/h3-4H,5H2,1-2H3. The van der Waals surface area contributed by atoms with Crippen molar-refractivity contribution in [1.29, 1.82) is 5.26 Å². The van der Waals surface area contributed by atoms with Crippen LogP contribution < -0.4 is 0 Å². The van der Waals surface area contributed by atoms with Crippen LogP contribution in [0.3, 0.4) is 0 Å². The van der Waals surface area contributed by atoms with E-state index in [0.29, 0.717) is 11.1 Å². The summed E-state index contributed by atoms with van der Waals surface area (Å²) in [5.41, 5.74) is 2.08. The Bertz CT molecular complexity index is 419. The first kappa shape index (κ1) is 10.2. The highest BCUT2D eigenvalue weighted by Gasteiger charge is 2.16. The zero-order valence-electron chi connectivity index (χ0n) is 8.07. The highest BCUT2D eigenvalue weighted by molar-refractivity contribution is 5.51. The van der Waals surface area contributed by atoms with Gasteiger partial charge in [-0.2, -0.15) is 5.26 Å². The highest BCUT2D eigenvalue weighted by atomic mass is 16.6. The zero-order valence-corrected chi connectivity index (χ0v) is 8.07. The molecule has 1 rings (SSSR count). The fourth-order valence-electron chi connectivity index (χ4n) is 1.43.